The average molecular weight is 328 g/mol. The van der Waals surface area contributed by atoms with Crippen molar-refractivity contribution in [3.05, 3.63) is 24.4 Å². The molecule has 1 rings (SSSR count). The highest BCUT2D eigenvalue weighted by Crippen LogP contribution is 2.29. The molecular weight excluding hydrogens is 308 g/mol. The van der Waals surface area contributed by atoms with Crippen LogP contribution in [0.3, 0.4) is 0 Å². The normalized spacial score (nSPS) is 10.3. The molecule has 0 bridgehead atoms. The highest BCUT2D eigenvalue weighted by atomic mass is 33.1. The van der Waals surface area contributed by atoms with Gasteiger partial charge >= 0.3 is 5.97 Å². The summed E-state index contributed by atoms with van der Waals surface area (Å²) >= 11 is 0. The van der Waals surface area contributed by atoms with E-state index >= 15 is 0 Å². The number of amides is 1. The summed E-state index contributed by atoms with van der Waals surface area (Å²) in [5, 5.41) is 12.3. The van der Waals surface area contributed by atoms with Crippen LogP contribution in [-0.2, 0) is 9.59 Å². The third kappa shape index (κ3) is 10.2. The topological polar surface area (TPSA) is 79.3 Å². The highest BCUT2D eigenvalue weighted by Gasteiger charge is 2.02. The maximum absolute atomic E-state index is 11.6. The van der Waals surface area contributed by atoms with Gasteiger partial charge in [-0.2, -0.15) is 0 Å². The number of carboxylic acids is 1. The van der Waals surface area contributed by atoms with E-state index in [1.807, 2.05) is 18.2 Å². The summed E-state index contributed by atoms with van der Waals surface area (Å²) in [5.74, 6) is 0.0235. The van der Waals surface area contributed by atoms with E-state index in [9.17, 15) is 9.59 Å². The number of nitrogens with one attached hydrogen (secondary N) is 1. The molecule has 7 heteroatoms. The quantitative estimate of drug-likeness (QED) is 0.480. The number of aliphatic carboxylic acids is 1. The predicted octanol–water partition coefficient (Wildman–Crippen LogP) is 2.97. The highest BCUT2D eigenvalue weighted by molar-refractivity contribution is 8.76. The molecule has 21 heavy (non-hydrogen) atoms. The Kier molecular flexibility index (Phi) is 9.73. The van der Waals surface area contributed by atoms with E-state index in [0.717, 1.165) is 23.6 Å². The van der Waals surface area contributed by atoms with Gasteiger partial charge in [-0.05, 0) is 35.8 Å². The molecule has 0 aromatic carbocycles. The Morgan fingerprint density at radius 3 is 2.76 bits per heavy atom. The van der Waals surface area contributed by atoms with Crippen molar-refractivity contribution in [1.29, 1.82) is 0 Å². The lowest BCUT2D eigenvalue weighted by Crippen LogP contribution is -2.24. The van der Waals surface area contributed by atoms with Crippen LogP contribution in [0.15, 0.2) is 29.4 Å². The van der Waals surface area contributed by atoms with E-state index in [4.69, 9.17) is 5.11 Å². The fourth-order valence-corrected chi connectivity index (χ4v) is 3.40. The van der Waals surface area contributed by atoms with Crippen molar-refractivity contribution in [2.75, 3.05) is 12.3 Å². The van der Waals surface area contributed by atoms with Crippen LogP contribution in [0.1, 0.15) is 32.1 Å². The van der Waals surface area contributed by atoms with Gasteiger partial charge in [0.25, 0.3) is 0 Å². The van der Waals surface area contributed by atoms with Gasteiger partial charge in [-0.3, -0.25) is 9.59 Å². The van der Waals surface area contributed by atoms with E-state index in [1.165, 1.54) is 0 Å². The van der Waals surface area contributed by atoms with Crippen LogP contribution in [0.4, 0.5) is 0 Å². The van der Waals surface area contributed by atoms with Gasteiger partial charge in [-0.25, -0.2) is 4.98 Å². The maximum Gasteiger partial charge on any atom is 0.303 e. The number of aromatic nitrogens is 1. The Balaban J connectivity index is 1.93. The molecule has 2 N–H and O–H groups in total. The van der Waals surface area contributed by atoms with E-state index in [-0.39, 0.29) is 12.3 Å². The molecule has 0 fully saturated rings. The van der Waals surface area contributed by atoms with Crippen LogP contribution in [0, 0.1) is 0 Å². The lowest BCUT2D eigenvalue weighted by Gasteiger charge is -2.04. The standard InChI is InChI=1S/C14H20N2O3S2/c17-12(15-9-4-1-2-7-14(18)19)8-11-20-21-13-6-3-5-10-16-13/h3,5-6,10H,1-2,4,7-9,11H2,(H,15,17)(H,18,19). The number of pyridine rings is 1. The maximum atomic E-state index is 11.6. The van der Waals surface area contributed by atoms with Gasteiger partial charge in [-0.15, -0.1) is 0 Å². The number of rotatable bonds is 11. The lowest BCUT2D eigenvalue weighted by molar-refractivity contribution is -0.137. The van der Waals surface area contributed by atoms with Gasteiger partial charge in [0.05, 0.1) is 0 Å². The Bertz CT molecular complexity index is 429. The average Bonchev–Trinajstić information content (AvgIpc) is 2.48. The predicted molar refractivity (Wildman–Crippen MR) is 86.3 cm³/mol. The van der Waals surface area contributed by atoms with Crippen LogP contribution < -0.4 is 5.32 Å². The second-order valence-corrected chi connectivity index (χ2v) is 6.81. The summed E-state index contributed by atoms with van der Waals surface area (Å²) in [4.78, 5) is 26.0. The van der Waals surface area contributed by atoms with E-state index < -0.39 is 5.97 Å². The first-order valence-corrected chi connectivity index (χ1v) is 9.19. The lowest BCUT2D eigenvalue weighted by atomic mass is 10.2. The summed E-state index contributed by atoms with van der Waals surface area (Å²) in [7, 11) is 3.18. The zero-order valence-corrected chi connectivity index (χ0v) is 13.4. The van der Waals surface area contributed by atoms with Crippen molar-refractivity contribution in [3.63, 3.8) is 0 Å². The second-order valence-electron chi connectivity index (χ2n) is 4.38. The van der Waals surface area contributed by atoms with Gasteiger partial charge in [0.15, 0.2) is 0 Å². The van der Waals surface area contributed by atoms with Crippen molar-refractivity contribution in [3.8, 4) is 0 Å². The SMILES string of the molecule is O=C(O)CCCCCNC(=O)CCSSc1ccccn1. The van der Waals surface area contributed by atoms with Crippen molar-refractivity contribution in [2.24, 2.45) is 0 Å². The first-order valence-electron chi connectivity index (χ1n) is 6.87. The molecule has 0 unspecified atom stereocenters. The zero-order valence-electron chi connectivity index (χ0n) is 11.8. The van der Waals surface area contributed by atoms with Crippen LogP contribution in [0.25, 0.3) is 0 Å². The summed E-state index contributed by atoms with van der Waals surface area (Å²) in [6.07, 6.45) is 4.77. The van der Waals surface area contributed by atoms with Gasteiger partial charge in [0.1, 0.15) is 5.03 Å². The molecule has 5 nitrogen and oxygen atoms in total. The molecule has 1 aromatic rings. The molecular formula is C14H20N2O3S2. The molecule has 0 atom stereocenters. The van der Waals surface area contributed by atoms with E-state index in [0.29, 0.717) is 19.4 Å². The summed E-state index contributed by atoms with van der Waals surface area (Å²) in [6, 6.07) is 5.75. The minimum Gasteiger partial charge on any atom is -0.481 e. The molecule has 1 heterocycles. The summed E-state index contributed by atoms with van der Waals surface area (Å²) in [5.41, 5.74) is 0. The number of nitrogens with zero attached hydrogens (tertiary/aromatic N) is 1. The minimum absolute atomic E-state index is 0.0438. The molecule has 1 aromatic heterocycles. The van der Waals surface area contributed by atoms with Gasteiger partial charge in [-0.1, -0.05) is 23.3 Å². The Morgan fingerprint density at radius 1 is 1.19 bits per heavy atom. The molecule has 0 saturated carbocycles. The Morgan fingerprint density at radius 2 is 2.05 bits per heavy atom. The van der Waals surface area contributed by atoms with Crippen molar-refractivity contribution in [2.45, 2.75) is 37.1 Å². The number of carbonyl (C=O) groups is 2. The van der Waals surface area contributed by atoms with Gasteiger partial charge in [0, 0.05) is 31.3 Å². The third-order valence-corrected chi connectivity index (χ3v) is 4.85. The largest absolute Gasteiger partial charge is 0.481 e. The van der Waals surface area contributed by atoms with Crippen LogP contribution in [0.2, 0.25) is 0 Å². The fourth-order valence-electron chi connectivity index (χ4n) is 1.53. The van der Waals surface area contributed by atoms with Crippen LogP contribution in [-0.4, -0.2) is 34.3 Å². The molecule has 0 aliphatic rings. The number of unbranched alkanes of at least 4 members (excludes halogenated alkanes) is 2. The van der Waals surface area contributed by atoms with Crippen LogP contribution in [0.5, 0.6) is 0 Å². The smallest absolute Gasteiger partial charge is 0.303 e. The Hall–Kier alpha value is -1.21. The van der Waals surface area contributed by atoms with Gasteiger partial charge < -0.3 is 10.4 Å². The van der Waals surface area contributed by atoms with Crippen LogP contribution >= 0.6 is 21.6 Å². The van der Waals surface area contributed by atoms with Gasteiger partial charge in [0.2, 0.25) is 5.91 Å². The monoisotopic (exact) mass is 328 g/mol. The second kappa shape index (κ2) is 11.4. The van der Waals surface area contributed by atoms with Crippen molar-refractivity contribution < 1.29 is 14.7 Å². The first-order chi connectivity index (χ1) is 10.2. The number of hydrogen-bond donors (Lipinski definition) is 2. The number of carboxylic acid groups (broad SMARTS) is 1. The number of hydrogen-bond acceptors (Lipinski definition) is 5. The molecule has 0 radical (unpaired) electrons. The summed E-state index contributed by atoms with van der Waals surface area (Å²) < 4.78 is 0. The molecule has 1 amide bonds. The molecule has 0 aliphatic carbocycles. The van der Waals surface area contributed by atoms with Crippen molar-refractivity contribution in [1.82, 2.24) is 10.3 Å². The van der Waals surface area contributed by atoms with E-state index in [1.54, 1.807) is 27.8 Å². The first kappa shape index (κ1) is 17.8. The zero-order chi connectivity index (χ0) is 15.3. The number of carbonyl (C=O) groups excluding carboxylic acids is 1. The van der Waals surface area contributed by atoms with E-state index in [2.05, 4.69) is 10.3 Å². The van der Waals surface area contributed by atoms with Crippen molar-refractivity contribution >= 4 is 33.5 Å². The third-order valence-electron chi connectivity index (χ3n) is 2.58. The molecule has 116 valence electrons. The molecule has 0 spiro atoms. The Labute approximate surface area is 132 Å². The molecule has 0 saturated heterocycles. The summed E-state index contributed by atoms with van der Waals surface area (Å²) in [6.45, 7) is 0.622. The molecule has 0 aliphatic heterocycles. The fraction of sp³-hybridized carbons (Fsp3) is 0.500. The minimum atomic E-state index is -0.763.